The SMILES string of the molecule is O=[N+]([O-])c1ncn(CC(O)COc2cccc3ccccc23)n1. The Bertz CT molecular complexity index is 828. The molecule has 1 atom stereocenters. The van der Waals surface area contributed by atoms with Crippen molar-refractivity contribution < 1.29 is 14.8 Å². The van der Waals surface area contributed by atoms with Crippen LogP contribution in [0.25, 0.3) is 10.8 Å². The Morgan fingerprint density at radius 2 is 2.04 bits per heavy atom. The zero-order chi connectivity index (χ0) is 16.2. The molecule has 1 unspecified atom stereocenters. The van der Waals surface area contributed by atoms with Crippen molar-refractivity contribution in [3.63, 3.8) is 0 Å². The summed E-state index contributed by atoms with van der Waals surface area (Å²) < 4.78 is 6.88. The van der Waals surface area contributed by atoms with E-state index >= 15 is 0 Å². The van der Waals surface area contributed by atoms with Gasteiger partial charge in [-0.15, -0.1) is 0 Å². The molecular weight excluding hydrogens is 300 g/mol. The number of aliphatic hydroxyl groups excluding tert-OH is 1. The molecule has 1 aromatic heterocycles. The Balaban J connectivity index is 1.63. The quantitative estimate of drug-likeness (QED) is 0.549. The molecule has 3 rings (SSSR count). The summed E-state index contributed by atoms with van der Waals surface area (Å²) in [5, 5.41) is 26.2. The first kappa shape index (κ1) is 14.9. The number of nitro groups is 1. The van der Waals surface area contributed by atoms with E-state index in [4.69, 9.17) is 4.74 Å². The normalized spacial score (nSPS) is 12.2. The van der Waals surface area contributed by atoms with Gasteiger partial charge in [-0.05, 0) is 16.4 Å². The minimum atomic E-state index is -0.865. The predicted octanol–water partition coefficient (Wildman–Crippen LogP) is 1.78. The Hall–Kier alpha value is -3.00. The van der Waals surface area contributed by atoms with Gasteiger partial charge in [0, 0.05) is 10.5 Å². The second-order valence-corrected chi connectivity index (χ2v) is 4.97. The van der Waals surface area contributed by atoms with Crippen molar-refractivity contribution in [2.45, 2.75) is 12.6 Å². The second kappa shape index (κ2) is 6.41. The van der Waals surface area contributed by atoms with Crippen LogP contribution in [0.15, 0.2) is 48.8 Å². The van der Waals surface area contributed by atoms with Crippen LogP contribution in [0, 0.1) is 10.1 Å². The number of rotatable bonds is 6. The van der Waals surface area contributed by atoms with Crippen LogP contribution in [0.1, 0.15) is 0 Å². The molecule has 0 saturated heterocycles. The summed E-state index contributed by atoms with van der Waals surface area (Å²) >= 11 is 0. The van der Waals surface area contributed by atoms with Crippen molar-refractivity contribution >= 4 is 16.7 Å². The van der Waals surface area contributed by atoms with Gasteiger partial charge in [-0.2, -0.15) is 4.68 Å². The number of hydrogen-bond acceptors (Lipinski definition) is 6. The van der Waals surface area contributed by atoms with Gasteiger partial charge in [0.25, 0.3) is 0 Å². The van der Waals surface area contributed by atoms with Crippen molar-refractivity contribution in [3.05, 3.63) is 58.9 Å². The summed E-state index contributed by atoms with van der Waals surface area (Å²) in [6.45, 7) is 0.104. The average molecular weight is 314 g/mol. The predicted molar refractivity (Wildman–Crippen MR) is 82.1 cm³/mol. The zero-order valence-electron chi connectivity index (χ0n) is 12.1. The highest BCUT2D eigenvalue weighted by molar-refractivity contribution is 5.88. The lowest BCUT2D eigenvalue weighted by molar-refractivity contribution is -0.394. The van der Waals surface area contributed by atoms with Crippen molar-refractivity contribution in [3.8, 4) is 5.75 Å². The molecule has 0 bridgehead atoms. The van der Waals surface area contributed by atoms with Crippen LogP contribution in [0.4, 0.5) is 5.95 Å². The largest absolute Gasteiger partial charge is 0.490 e. The summed E-state index contributed by atoms with van der Waals surface area (Å²) in [7, 11) is 0. The van der Waals surface area contributed by atoms with E-state index < -0.39 is 17.0 Å². The van der Waals surface area contributed by atoms with Gasteiger partial charge in [0.1, 0.15) is 18.5 Å². The summed E-state index contributed by atoms with van der Waals surface area (Å²) in [5.74, 6) is 0.180. The molecule has 0 radical (unpaired) electrons. The Kier molecular flexibility index (Phi) is 4.15. The molecule has 1 N–H and O–H groups in total. The van der Waals surface area contributed by atoms with E-state index in [1.165, 1.54) is 11.0 Å². The number of nitrogens with zero attached hydrogens (tertiary/aromatic N) is 4. The zero-order valence-corrected chi connectivity index (χ0v) is 12.1. The monoisotopic (exact) mass is 314 g/mol. The molecule has 118 valence electrons. The van der Waals surface area contributed by atoms with E-state index in [2.05, 4.69) is 10.1 Å². The Morgan fingerprint density at radius 3 is 2.83 bits per heavy atom. The maximum Gasteiger partial charge on any atom is 0.490 e. The highest BCUT2D eigenvalue weighted by Crippen LogP contribution is 2.25. The maximum absolute atomic E-state index is 10.5. The molecule has 8 heteroatoms. The number of aromatic nitrogens is 3. The number of fused-ring (bicyclic) bond motifs is 1. The van der Waals surface area contributed by atoms with Gasteiger partial charge in [0.2, 0.25) is 6.33 Å². The van der Waals surface area contributed by atoms with Gasteiger partial charge in [0.05, 0.1) is 6.54 Å². The lowest BCUT2D eigenvalue weighted by atomic mass is 10.1. The van der Waals surface area contributed by atoms with Gasteiger partial charge >= 0.3 is 5.95 Å². The molecule has 0 amide bonds. The van der Waals surface area contributed by atoms with Crippen molar-refractivity contribution in [2.75, 3.05) is 6.61 Å². The van der Waals surface area contributed by atoms with Crippen LogP contribution in [-0.2, 0) is 6.54 Å². The third kappa shape index (κ3) is 3.43. The van der Waals surface area contributed by atoms with Crippen molar-refractivity contribution in [1.82, 2.24) is 14.8 Å². The first-order valence-electron chi connectivity index (χ1n) is 6.96. The fourth-order valence-corrected chi connectivity index (χ4v) is 2.23. The van der Waals surface area contributed by atoms with Crippen LogP contribution >= 0.6 is 0 Å². The Morgan fingerprint density at radius 1 is 1.26 bits per heavy atom. The third-order valence-electron chi connectivity index (χ3n) is 3.27. The molecule has 0 aliphatic rings. The molecule has 8 nitrogen and oxygen atoms in total. The van der Waals surface area contributed by atoms with E-state index in [0.717, 1.165) is 10.8 Å². The van der Waals surface area contributed by atoms with Crippen LogP contribution in [0.5, 0.6) is 5.75 Å². The highest BCUT2D eigenvalue weighted by Gasteiger charge is 2.16. The van der Waals surface area contributed by atoms with Gasteiger partial charge in [-0.1, -0.05) is 41.4 Å². The molecule has 0 spiro atoms. The molecule has 0 aliphatic heterocycles. The van der Waals surface area contributed by atoms with Gasteiger partial charge in [-0.3, -0.25) is 0 Å². The lowest BCUT2D eigenvalue weighted by Crippen LogP contribution is -2.24. The first-order valence-corrected chi connectivity index (χ1v) is 6.96. The first-order chi connectivity index (χ1) is 11.1. The number of ether oxygens (including phenoxy) is 1. The van der Waals surface area contributed by atoms with Crippen LogP contribution in [-0.4, -0.2) is 37.5 Å². The molecule has 0 fully saturated rings. The standard InChI is InChI=1S/C15H14N4O4/c20-12(8-18-10-16-15(17-18)19(21)22)9-23-14-7-3-5-11-4-1-2-6-13(11)14/h1-7,10,12,20H,8-9H2. The van der Waals surface area contributed by atoms with E-state index in [9.17, 15) is 15.2 Å². The van der Waals surface area contributed by atoms with Gasteiger partial charge in [-0.25, -0.2) is 0 Å². The minimum Gasteiger partial charge on any atom is -0.490 e. The summed E-state index contributed by atoms with van der Waals surface area (Å²) in [6.07, 6.45) is 0.342. The maximum atomic E-state index is 10.5. The highest BCUT2D eigenvalue weighted by atomic mass is 16.6. The van der Waals surface area contributed by atoms with E-state index in [1.807, 2.05) is 42.5 Å². The lowest BCUT2D eigenvalue weighted by Gasteiger charge is -2.12. The van der Waals surface area contributed by atoms with E-state index in [1.54, 1.807) is 0 Å². The smallest absolute Gasteiger partial charge is 0.490 e. The Labute approximate surface area is 131 Å². The van der Waals surface area contributed by atoms with E-state index in [-0.39, 0.29) is 13.2 Å². The van der Waals surface area contributed by atoms with Crippen LogP contribution in [0.2, 0.25) is 0 Å². The topological polar surface area (TPSA) is 103 Å². The van der Waals surface area contributed by atoms with Gasteiger partial charge in [0.15, 0.2) is 0 Å². The fourth-order valence-electron chi connectivity index (χ4n) is 2.23. The van der Waals surface area contributed by atoms with Crippen molar-refractivity contribution in [1.29, 1.82) is 0 Å². The second-order valence-electron chi connectivity index (χ2n) is 4.97. The number of hydrogen-bond donors (Lipinski definition) is 1. The minimum absolute atomic E-state index is 0.0433. The summed E-state index contributed by atoms with van der Waals surface area (Å²) in [6, 6.07) is 13.5. The summed E-state index contributed by atoms with van der Waals surface area (Å²) in [5.41, 5.74) is 0. The van der Waals surface area contributed by atoms with Crippen molar-refractivity contribution in [2.24, 2.45) is 0 Å². The molecule has 0 aliphatic carbocycles. The molecule has 2 aromatic carbocycles. The van der Waals surface area contributed by atoms with Gasteiger partial charge < -0.3 is 20.0 Å². The molecule has 1 heterocycles. The third-order valence-corrected chi connectivity index (χ3v) is 3.27. The number of benzene rings is 2. The fraction of sp³-hybridized carbons (Fsp3) is 0.200. The molecular formula is C15H14N4O4. The summed E-state index contributed by atoms with van der Waals surface area (Å²) in [4.78, 5) is 13.4. The van der Waals surface area contributed by atoms with E-state index in [0.29, 0.717) is 5.75 Å². The van der Waals surface area contributed by atoms with Crippen LogP contribution < -0.4 is 4.74 Å². The number of aliphatic hydroxyl groups is 1. The van der Waals surface area contributed by atoms with Crippen LogP contribution in [0.3, 0.4) is 0 Å². The molecule has 23 heavy (non-hydrogen) atoms. The average Bonchev–Trinajstić information content (AvgIpc) is 3.01. The molecule has 3 aromatic rings. The molecule has 0 saturated carbocycles.